The maximum atomic E-state index is 13.1. The molecule has 0 aliphatic carbocycles. The summed E-state index contributed by atoms with van der Waals surface area (Å²) in [5.41, 5.74) is 4.06. The molecule has 0 fully saturated rings. The molecule has 5 rings (SSSR count). The summed E-state index contributed by atoms with van der Waals surface area (Å²) in [6.45, 7) is 0.880. The van der Waals surface area contributed by atoms with Crippen LogP contribution in [0.15, 0.2) is 67.0 Å². The molecule has 10 nitrogen and oxygen atoms in total. The van der Waals surface area contributed by atoms with Crippen molar-refractivity contribution >= 4 is 33.6 Å². The number of fused-ring (bicyclic) bond motifs is 3. The zero-order chi connectivity index (χ0) is 28.8. The monoisotopic (exact) mass is 553 g/mol. The Morgan fingerprint density at radius 3 is 2.20 bits per heavy atom. The van der Waals surface area contributed by atoms with Crippen LogP contribution in [0.4, 0.5) is 0 Å². The summed E-state index contributed by atoms with van der Waals surface area (Å²) in [4.78, 5) is 38.2. The van der Waals surface area contributed by atoms with Crippen molar-refractivity contribution < 1.29 is 23.8 Å². The molecular formula is C31H31N5O5. The Labute approximate surface area is 237 Å². The Kier molecular flexibility index (Phi) is 8.28. The quantitative estimate of drug-likeness (QED) is 0.202. The number of rotatable bonds is 11. The third-order valence-corrected chi connectivity index (χ3v) is 6.77. The lowest BCUT2D eigenvalue weighted by Gasteiger charge is -2.14. The van der Waals surface area contributed by atoms with Crippen molar-refractivity contribution in [3.63, 3.8) is 0 Å². The van der Waals surface area contributed by atoms with E-state index in [0.29, 0.717) is 60.1 Å². The van der Waals surface area contributed by atoms with Crippen molar-refractivity contribution in [2.45, 2.75) is 12.8 Å². The normalized spacial score (nSPS) is 10.9. The van der Waals surface area contributed by atoms with E-state index in [1.165, 1.54) is 21.3 Å². The van der Waals surface area contributed by atoms with Crippen LogP contribution in [0.2, 0.25) is 0 Å². The molecule has 2 amide bonds. The number of methoxy groups -OCH3 is 3. The lowest BCUT2D eigenvalue weighted by Crippen LogP contribution is -2.28. The van der Waals surface area contributed by atoms with Crippen LogP contribution in [0.25, 0.3) is 33.1 Å². The summed E-state index contributed by atoms with van der Waals surface area (Å²) in [7, 11) is 4.51. The second-order valence-electron chi connectivity index (χ2n) is 9.32. The highest BCUT2D eigenvalue weighted by Gasteiger charge is 2.18. The SMILES string of the molecule is COc1cc(C(=O)NCCCCNC(=O)c2cc3c([nH]c4ccccc43)c(-c3cccnc3)n2)cc(OC)c1OC. The Bertz CT molecular complexity index is 1680. The molecule has 10 heteroatoms. The second kappa shape index (κ2) is 12.4. The van der Waals surface area contributed by atoms with E-state index in [0.717, 1.165) is 27.4 Å². The molecule has 41 heavy (non-hydrogen) atoms. The van der Waals surface area contributed by atoms with E-state index in [4.69, 9.17) is 19.2 Å². The van der Waals surface area contributed by atoms with Gasteiger partial charge in [0.25, 0.3) is 11.8 Å². The molecule has 0 saturated heterocycles. The Hall–Kier alpha value is -5.12. The number of H-pyrrole nitrogens is 1. The van der Waals surface area contributed by atoms with Gasteiger partial charge in [0.05, 0.1) is 32.5 Å². The van der Waals surface area contributed by atoms with E-state index in [1.54, 1.807) is 24.5 Å². The first kappa shape index (κ1) is 27.4. The zero-order valence-corrected chi connectivity index (χ0v) is 23.1. The standard InChI is InChI=1S/C31H31N5O5/c1-39-25-15-20(16-26(40-2)29(25)41-3)30(37)33-13-6-7-14-34-31(38)24-17-22-21-10-4-5-11-23(21)35-28(22)27(36-24)19-9-8-12-32-18-19/h4-5,8-12,15-18,35H,6-7,13-14H2,1-3H3,(H,33,37)(H,34,38). The van der Waals surface area contributed by atoms with Crippen LogP contribution in [0, 0.1) is 0 Å². The fourth-order valence-electron chi connectivity index (χ4n) is 4.73. The fraction of sp³-hybridized carbons (Fsp3) is 0.226. The molecule has 0 aliphatic heterocycles. The van der Waals surface area contributed by atoms with Gasteiger partial charge >= 0.3 is 0 Å². The minimum atomic E-state index is -0.260. The van der Waals surface area contributed by atoms with E-state index in [2.05, 4.69) is 20.6 Å². The number of aromatic nitrogens is 3. The van der Waals surface area contributed by atoms with Gasteiger partial charge in [0.15, 0.2) is 11.5 Å². The van der Waals surface area contributed by atoms with E-state index in [-0.39, 0.29) is 11.8 Å². The molecule has 2 aromatic carbocycles. The maximum absolute atomic E-state index is 13.1. The van der Waals surface area contributed by atoms with Crippen molar-refractivity contribution in [3.8, 4) is 28.5 Å². The molecule has 0 unspecified atom stereocenters. The largest absolute Gasteiger partial charge is 0.493 e. The molecule has 3 heterocycles. The van der Waals surface area contributed by atoms with Crippen molar-refractivity contribution in [2.75, 3.05) is 34.4 Å². The third kappa shape index (κ3) is 5.76. The number of hydrogen-bond acceptors (Lipinski definition) is 7. The van der Waals surface area contributed by atoms with Gasteiger partial charge in [-0.15, -0.1) is 0 Å². The van der Waals surface area contributed by atoms with Gasteiger partial charge < -0.3 is 29.8 Å². The summed E-state index contributed by atoms with van der Waals surface area (Å²) in [5, 5.41) is 7.80. The van der Waals surface area contributed by atoms with Gasteiger partial charge in [-0.3, -0.25) is 14.6 Å². The highest BCUT2D eigenvalue weighted by Crippen LogP contribution is 2.38. The van der Waals surface area contributed by atoms with Crippen molar-refractivity contribution in [3.05, 3.63) is 78.2 Å². The van der Waals surface area contributed by atoms with Crippen molar-refractivity contribution in [1.82, 2.24) is 25.6 Å². The molecule has 0 saturated carbocycles. The van der Waals surface area contributed by atoms with Crippen LogP contribution < -0.4 is 24.8 Å². The number of unbranched alkanes of at least 4 members (excludes halogenated alkanes) is 1. The van der Waals surface area contributed by atoms with Gasteiger partial charge in [0.1, 0.15) is 5.69 Å². The molecule has 3 N–H and O–H groups in total. The van der Waals surface area contributed by atoms with Crippen LogP contribution in [-0.4, -0.2) is 61.2 Å². The minimum absolute atomic E-state index is 0.257. The van der Waals surface area contributed by atoms with Gasteiger partial charge in [-0.25, -0.2) is 4.98 Å². The number of hydrogen-bond donors (Lipinski definition) is 3. The Morgan fingerprint density at radius 1 is 0.829 bits per heavy atom. The zero-order valence-electron chi connectivity index (χ0n) is 23.1. The van der Waals surface area contributed by atoms with E-state index in [9.17, 15) is 9.59 Å². The van der Waals surface area contributed by atoms with Gasteiger partial charge in [-0.2, -0.15) is 0 Å². The number of pyridine rings is 2. The first-order chi connectivity index (χ1) is 20.0. The minimum Gasteiger partial charge on any atom is -0.493 e. The van der Waals surface area contributed by atoms with Crippen LogP contribution in [0.3, 0.4) is 0 Å². The summed E-state index contributed by atoms with van der Waals surface area (Å²) in [5.74, 6) is 0.723. The number of nitrogens with zero attached hydrogens (tertiary/aromatic N) is 2. The fourth-order valence-corrected chi connectivity index (χ4v) is 4.73. The smallest absolute Gasteiger partial charge is 0.269 e. The van der Waals surface area contributed by atoms with E-state index >= 15 is 0 Å². The van der Waals surface area contributed by atoms with Crippen LogP contribution in [0.1, 0.15) is 33.7 Å². The second-order valence-corrected chi connectivity index (χ2v) is 9.32. The molecule has 3 aromatic heterocycles. The molecule has 0 atom stereocenters. The summed E-state index contributed by atoms with van der Waals surface area (Å²) in [6.07, 6.45) is 4.79. The summed E-state index contributed by atoms with van der Waals surface area (Å²) in [6, 6.07) is 16.8. The summed E-state index contributed by atoms with van der Waals surface area (Å²) >= 11 is 0. The highest BCUT2D eigenvalue weighted by molar-refractivity contribution is 6.13. The molecule has 5 aromatic rings. The number of carbonyl (C=O) groups is 2. The number of amides is 2. The van der Waals surface area contributed by atoms with Gasteiger partial charge in [0, 0.05) is 52.9 Å². The molecule has 0 spiro atoms. The third-order valence-electron chi connectivity index (χ3n) is 6.77. The topological polar surface area (TPSA) is 127 Å². The number of nitrogens with one attached hydrogen (secondary N) is 3. The van der Waals surface area contributed by atoms with Crippen molar-refractivity contribution in [1.29, 1.82) is 0 Å². The van der Waals surface area contributed by atoms with E-state index < -0.39 is 0 Å². The maximum Gasteiger partial charge on any atom is 0.269 e. The number of ether oxygens (including phenoxy) is 3. The predicted molar refractivity (Wildman–Crippen MR) is 157 cm³/mol. The molecular weight excluding hydrogens is 522 g/mol. The van der Waals surface area contributed by atoms with Crippen molar-refractivity contribution in [2.24, 2.45) is 0 Å². The number of benzene rings is 2. The molecule has 0 aliphatic rings. The van der Waals surface area contributed by atoms with Gasteiger partial charge in [0.2, 0.25) is 5.75 Å². The van der Waals surface area contributed by atoms with Crippen LogP contribution >= 0.6 is 0 Å². The molecule has 210 valence electrons. The average molecular weight is 554 g/mol. The van der Waals surface area contributed by atoms with Gasteiger partial charge in [-0.05, 0) is 49.2 Å². The van der Waals surface area contributed by atoms with Crippen LogP contribution in [0.5, 0.6) is 17.2 Å². The lowest BCUT2D eigenvalue weighted by atomic mass is 10.1. The Morgan fingerprint density at radius 2 is 1.54 bits per heavy atom. The molecule has 0 radical (unpaired) electrons. The van der Waals surface area contributed by atoms with Gasteiger partial charge in [-0.1, -0.05) is 18.2 Å². The van der Waals surface area contributed by atoms with Crippen LogP contribution in [-0.2, 0) is 0 Å². The van der Waals surface area contributed by atoms with E-state index in [1.807, 2.05) is 42.5 Å². The number of carbonyl (C=O) groups excluding carboxylic acids is 2. The molecule has 0 bridgehead atoms. The first-order valence-corrected chi connectivity index (χ1v) is 13.2. The highest BCUT2D eigenvalue weighted by atomic mass is 16.5. The predicted octanol–water partition coefficient (Wildman–Crippen LogP) is 4.74. The number of para-hydroxylation sites is 1. The Balaban J connectivity index is 1.21. The average Bonchev–Trinajstić information content (AvgIpc) is 3.40. The first-order valence-electron chi connectivity index (χ1n) is 13.2. The number of aromatic amines is 1. The summed E-state index contributed by atoms with van der Waals surface area (Å²) < 4.78 is 16.0. The lowest BCUT2D eigenvalue weighted by molar-refractivity contribution is 0.0937.